The van der Waals surface area contributed by atoms with Crippen molar-refractivity contribution in [3.8, 4) is 11.5 Å². The van der Waals surface area contributed by atoms with E-state index in [0.29, 0.717) is 5.92 Å². The van der Waals surface area contributed by atoms with Gasteiger partial charge in [-0.3, -0.25) is 0 Å². The summed E-state index contributed by atoms with van der Waals surface area (Å²) in [5.74, 6) is 1.95. The number of aliphatic hydroxyl groups excluding tert-OH is 1. The van der Waals surface area contributed by atoms with Crippen molar-refractivity contribution in [2.45, 2.75) is 13.8 Å². The summed E-state index contributed by atoms with van der Waals surface area (Å²) in [5.41, 5.74) is 2.05. The monoisotopic (exact) mass is 268 g/mol. The van der Waals surface area contributed by atoms with E-state index >= 15 is 0 Å². The van der Waals surface area contributed by atoms with Crippen LogP contribution in [0.25, 0.3) is 6.08 Å². The lowest BCUT2D eigenvalue weighted by Gasteiger charge is -2.09. The highest BCUT2D eigenvalue weighted by molar-refractivity contribution is 5.55. The van der Waals surface area contributed by atoms with Gasteiger partial charge in [0.1, 0.15) is 11.5 Å². The Labute approximate surface area is 120 Å². The van der Waals surface area contributed by atoms with Crippen molar-refractivity contribution in [1.82, 2.24) is 0 Å². The predicted octanol–water partition coefficient (Wildman–Crippen LogP) is 4.51. The average Bonchev–Trinajstić information content (AvgIpc) is 2.46. The molecular weight excluding hydrogens is 248 g/mol. The van der Waals surface area contributed by atoms with Gasteiger partial charge in [-0.05, 0) is 41.3 Å². The zero-order valence-corrected chi connectivity index (χ0v) is 11.9. The van der Waals surface area contributed by atoms with E-state index in [-0.39, 0.29) is 6.61 Å². The quantitative estimate of drug-likeness (QED) is 0.864. The third kappa shape index (κ3) is 3.97. The van der Waals surface area contributed by atoms with Gasteiger partial charge >= 0.3 is 0 Å². The second-order valence-electron chi connectivity index (χ2n) is 5.02. The standard InChI is InChI=1S/C18H20O2/c1-14(2)16(13-19)11-15-7-6-10-18(12-15)20-17-8-4-3-5-9-17/h3-12,14,19H,13H2,1-2H3. The number of para-hydroxylation sites is 1. The Bertz CT molecular complexity index is 571. The van der Waals surface area contributed by atoms with Crippen molar-refractivity contribution in [1.29, 1.82) is 0 Å². The molecule has 20 heavy (non-hydrogen) atoms. The summed E-state index contributed by atoms with van der Waals surface area (Å²) in [7, 11) is 0. The van der Waals surface area contributed by atoms with Crippen molar-refractivity contribution in [2.24, 2.45) is 5.92 Å². The third-order valence-electron chi connectivity index (χ3n) is 3.11. The topological polar surface area (TPSA) is 29.5 Å². The van der Waals surface area contributed by atoms with Crippen molar-refractivity contribution in [2.75, 3.05) is 6.61 Å². The summed E-state index contributed by atoms with van der Waals surface area (Å²) in [4.78, 5) is 0. The van der Waals surface area contributed by atoms with Crippen LogP contribution in [-0.2, 0) is 0 Å². The number of hydrogen-bond donors (Lipinski definition) is 1. The van der Waals surface area contributed by atoms with Gasteiger partial charge in [0.15, 0.2) is 0 Å². The van der Waals surface area contributed by atoms with Gasteiger partial charge in [0.2, 0.25) is 0 Å². The molecule has 0 atom stereocenters. The fourth-order valence-corrected chi connectivity index (χ4v) is 1.90. The molecule has 0 radical (unpaired) electrons. The molecule has 0 amide bonds. The van der Waals surface area contributed by atoms with Crippen LogP contribution in [0, 0.1) is 5.92 Å². The van der Waals surface area contributed by atoms with Crippen LogP contribution in [0.1, 0.15) is 19.4 Å². The van der Waals surface area contributed by atoms with E-state index in [9.17, 15) is 5.11 Å². The van der Waals surface area contributed by atoms with Crippen molar-refractivity contribution >= 4 is 6.08 Å². The maximum absolute atomic E-state index is 9.36. The fraction of sp³-hybridized carbons (Fsp3) is 0.222. The zero-order chi connectivity index (χ0) is 14.4. The molecule has 0 saturated heterocycles. The van der Waals surface area contributed by atoms with Crippen LogP contribution in [0.15, 0.2) is 60.2 Å². The number of ether oxygens (including phenoxy) is 1. The molecule has 0 fully saturated rings. The molecule has 0 heterocycles. The summed E-state index contributed by atoms with van der Waals surface area (Å²) in [6, 6.07) is 17.6. The summed E-state index contributed by atoms with van der Waals surface area (Å²) >= 11 is 0. The fourth-order valence-electron chi connectivity index (χ4n) is 1.90. The van der Waals surface area contributed by atoms with Gasteiger partial charge < -0.3 is 9.84 Å². The molecule has 0 aromatic heterocycles. The first-order chi connectivity index (χ1) is 9.69. The minimum atomic E-state index is 0.0848. The van der Waals surface area contributed by atoms with Gasteiger partial charge in [0.25, 0.3) is 0 Å². The summed E-state index contributed by atoms with van der Waals surface area (Å²) in [5, 5.41) is 9.36. The smallest absolute Gasteiger partial charge is 0.128 e. The number of rotatable bonds is 5. The lowest BCUT2D eigenvalue weighted by atomic mass is 10.0. The van der Waals surface area contributed by atoms with Crippen LogP contribution >= 0.6 is 0 Å². The van der Waals surface area contributed by atoms with Gasteiger partial charge in [0.05, 0.1) is 6.61 Å². The number of hydrogen-bond acceptors (Lipinski definition) is 2. The molecule has 0 aliphatic rings. The van der Waals surface area contributed by atoms with Crippen LogP contribution in [0.3, 0.4) is 0 Å². The molecule has 0 saturated carbocycles. The summed E-state index contributed by atoms with van der Waals surface area (Å²) in [6.45, 7) is 4.24. The normalized spacial score (nSPS) is 11.7. The van der Waals surface area contributed by atoms with E-state index < -0.39 is 0 Å². The molecule has 1 N–H and O–H groups in total. The van der Waals surface area contributed by atoms with Crippen LogP contribution in [-0.4, -0.2) is 11.7 Å². The maximum Gasteiger partial charge on any atom is 0.128 e. The van der Waals surface area contributed by atoms with Crippen LogP contribution in [0.2, 0.25) is 0 Å². The Kier molecular flexibility index (Phi) is 4.97. The number of aliphatic hydroxyl groups is 1. The number of benzene rings is 2. The van der Waals surface area contributed by atoms with Crippen LogP contribution < -0.4 is 4.74 Å². The molecule has 2 rings (SSSR count). The van der Waals surface area contributed by atoms with Crippen LogP contribution in [0.5, 0.6) is 11.5 Å². The van der Waals surface area contributed by atoms with E-state index in [1.165, 1.54) is 0 Å². The van der Waals surface area contributed by atoms with E-state index in [1.807, 2.05) is 60.7 Å². The minimum Gasteiger partial charge on any atom is -0.457 e. The second kappa shape index (κ2) is 6.92. The highest BCUT2D eigenvalue weighted by Gasteiger charge is 2.03. The third-order valence-corrected chi connectivity index (χ3v) is 3.11. The van der Waals surface area contributed by atoms with E-state index in [1.54, 1.807) is 0 Å². The molecule has 0 bridgehead atoms. The largest absolute Gasteiger partial charge is 0.457 e. The van der Waals surface area contributed by atoms with Gasteiger partial charge in [-0.2, -0.15) is 0 Å². The maximum atomic E-state index is 9.36. The molecule has 0 spiro atoms. The molecule has 0 unspecified atom stereocenters. The SMILES string of the molecule is CC(C)C(=Cc1cccc(Oc2ccccc2)c1)CO. The molecule has 0 aliphatic carbocycles. The van der Waals surface area contributed by atoms with E-state index in [4.69, 9.17) is 4.74 Å². The van der Waals surface area contributed by atoms with Crippen molar-refractivity contribution in [3.63, 3.8) is 0 Å². The first-order valence-corrected chi connectivity index (χ1v) is 6.83. The first kappa shape index (κ1) is 14.4. The molecule has 0 aliphatic heterocycles. The molecule has 104 valence electrons. The summed E-state index contributed by atoms with van der Waals surface area (Å²) in [6.07, 6.45) is 2.02. The van der Waals surface area contributed by atoms with E-state index in [2.05, 4.69) is 13.8 Å². The zero-order valence-electron chi connectivity index (χ0n) is 11.9. The average molecular weight is 268 g/mol. The molecule has 2 nitrogen and oxygen atoms in total. The van der Waals surface area contributed by atoms with Crippen molar-refractivity contribution < 1.29 is 9.84 Å². The Hall–Kier alpha value is -2.06. The van der Waals surface area contributed by atoms with Gasteiger partial charge in [-0.15, -0.1) is 0 Å². The Morgan fingerprint density at radius 3 is 2.40 bits per heavy atom. The van der Waals surface area contributed by atoms with Gasteiger partial charge in [0, 0.05) is 0 Å². The molecule has 2 heteroatoms. The van der Waals surface area contributed by atoms with Crippen LogP contribution in [0.4, 0.5) is 0 Å². The predicted molar refractivity (Wildman–Crippen MR) is 82.9 cm³/mol. The minimum absolute atomic E-state index is 0.0848. The van der Waals surface area contributed by atoms with Crippen molar-refractivity contribution in [3.05, 3.63) is 65.7 Å². The Morgan fingerprint density at radius 1 is 1.05 bits per heavy atom. The first-order valence-electron chi connectivity index (χ1n) is 6.83. The lowest BCUT2D eigenvalue weighted by molar-refractivity contribution is 0.320. The van der Waals surface area contributed by atoms with Gasteiger partial charge in [-0.1, -0.05) is 50.3 Å². The lowest BCUT2D eigenvalue weighted by Crippen LogP contribution is -1.98. The molecule has 2 aromatic rings. The highest BCUT2D eigenvalue weighted by Crippen LogP contribution is 2.23. The highest BCUT2D eigenvalue weighted by atomic mass is 16.5. The Balaban J connectivity index is 2.20. The summed E-state index contributed by atoms with van der Waals surface area (Å²) < 4.78 is 5.80. The second-order valence-corrected chi connectivity index (χ2v) is 5.02. The Morgan fingerprint density at radius 2 is 1.75 bits per heavy atom. The molecular formula is C18H20O2. The van der Waals surface area contributed by atoms with Gasteiger partial charge in [-0.25, -0.2) is 0 Å². The molecule has 2 aromatic carbocycles. The van der Waals surface area contributed by atoms with E-state index in [0.717, 1.165) is 22.6 Å².